The number of hydrogen-bond acceptors (Lipinski definition) is 6. The lowest BCUT2D eigenvalue weighted by Crippen LogP contribution is -2.19. The number of hydrogen-bond donors (Lipinski definition) is 1. The van der Waals surface area contributed by atoms with E-state index in [4.69, 9.17) is 9.40 Å². The molecule has 0 bridgehead atoms. The van der Waals surface area contributed by atoms with E-state index < -0.39 is 0 Å². The van der Waals surface area contributed by atoms with Crippen molar-refractivity contribution in [2.24, 2.45) is 0 Å². The summed E-state index contributed by atoms with van der Waals surface area (Å²) in [6, 6.07) is 18.8. The Morgan fingerprint density at radius 2 is 1.75 bits per heavy atom. The van der Waals surface area contributed by atoms with Gasteiger partial charge in [0, 0.05) is 53.5 Å². The van der Waals surface area contributed by atoms with Crippen molar-refractivity contribution in [3.63, 3.8) is 0 Å². The van der Waals surface area contributed by atoms with Gasteiger partial charge in [-0.1, -0.05) is 12.1 Å². The zero-order valence-electron chi connectivity index (χ0n) is 18.9. The molecule has 7 nitrogen and oxygen atoms in total. The lowest BCUT2D eigenvalue weighted by Gasteiger charge is -2.05. The summed E-state index contributed by atoms with van der Waals surface area (Å²) in [4.78, 5) is 26.6. The number of benzene rings is 2. The van der Waals surface area contributed by atoms with Crippen LogP contribution in [0.4, 0.5) is 4.39 Å². The largest absolute Gasteiger partial charge is 0.434 e. The van der Waals surface area contributed by atoms with Crippen molar-refractivity contribution >= 4 is 21.7 Å². The maximum Gasteiger partial charge on any atom is 0.282 e. The zero-order chi connectivity index (χ0) is 24.6. The molecule has 0 saturated carbocycles. The van der Waals surface area contributed by atoms with Gasteiger partial charge in [-0.25, -0.2) is 4.39 Å². The second-order valence-corrected chi connectivity index (χ2v) is 8.28. The number of aliphatic hydroxyl groups excluding tert-OH is 1. The Morgan fingerprint density at radius 1 is 0.917 bits per heavy atom. The third kappa shape index (κ3) is 3.73. The highest BCUT2D eigenvalue weighted by Crippen LogP contribution is 2.33. The number of aliphatic hydroxyl groups is 1. The molecule has 0 saturated heterocycles. The van der Waals surface area contributed by atoms with Crippen LogP contribution in [0.2, 0.25) is 0 Å². The number of rotatable bonds is 5. The summed E-state index contributed by atoms with van der Waals surface area (Å²) in [6.07, 6.45) is 5.35. The molecule has 36 heavy (non-hydrogen) atoms. The topological polar surface area (TPSA) is 94.0 Å². The summed E-state index contributed by atoms with van der Waals surface area (Å²) in [6.45, 7) is 0.00730. The number of pyridine rings is 3. The van der Waals surface area contributed by atoms with Crippen LogP contribution in [0.3, 0.4) is 0 Å². The predicted octanol–water partition coefficient (Wildman–Crippen LogP) is 4.93. The number of aromatic nitrogens is 4. The summed E-state index contributed by atoms with van der Waals surface area (Å²) in [5, 5.41) is 11.9. The predicted molar refractivity (Wildman–Crippen MR) is 134 cm³/mol. The number of halogens is 1. The molecule has 2 aromatic carbocycles. The summed E-state index contributed by atoms with van der Waals surface area (Å²) in [5.41, 5.74) is 2.05. The summed E-state index contributed by atoms with van der Waals surface area (Å²) < 4.78 is 21.2. The zero-order valence-corrected chi connectivity index (χ0v) is 18.9. The molecular formula is C28H19FN4O3. The highest BCUT2D eigenvalue weighted by Gasteiger charge is 2.20. The maximum atomic E-state index is 13.6. The van der Waals surface area contributed by atoms with Crippen molar-refractivity contribution in [1.29, 1.82) is 0 Å². The first-order chi connectivity index (χ1) is 17.6. The molecule has 0 aliphatic carbocycles. The van der Waals surface area contributed by atoms with Gasteiger partial charge in [-0.15, -0.1) is 0 Å². The molecule has 4 heterocycles. The van der Waals surface area contributed by atoms with Crippen LogP contribution in [-0.4, -0.2) is 31.2 Å². The molecular weight excluding hydrogens is 459 g/mol. The molecule has 0 atom stereocenters. The minimum Gasteiger partial charge on any atom is -0.434 e. The van der Waals surface area contributed by atoms with Gasteiger partial charge in [0.25, 0.3) is 5.56 Å². The Balaban J connectivity index is 1.55. The Bertz CT molecular complexity index is 1790. The van der Waals surface area contributed by atoms with Gasteiger partial charge in [-0.3, -0.25) is 19.3 Å². The Morgan fingerprint density at radius 3 is 2.58 bits per heavy atom. The SMILES string of the molecule is O=c1c2ncccc2ccn1-c1nc(-c2ccc3c(CCO)nccc3c2)oc1-c1ccc(F)cc1. The summed E-state index contributed by atoms with van der Waals surface area (Å²) in [5.74, 6) is 0.539. The average Bonchev–Trinajstić information content (AvgIpc) is 3.35. The molecule has 0 fully saturated rings. The van der Waals surface area contributed by atoms with Gasteiger partial charge >= 0.3 is 0 Å². The van der Waals surface area contributed by atoms with Gasteiger partial charge in [0.15, 0.2) is 11.6 Å². The van der Waals surface area contributed by atoms with E-state index in [-0.39, 0.29) is 23.8 Å². The smallest absolute Gasteiger partial charge is 0.282 e. The molecule has 0 unspecified atom stereocenters. The van der Waals surface area contributed by atoms with Gasteiger partial charge in [0.05, 0.1) is 5.69 Å². The number of oxazole rings is 1. The van der Waals surface area contributed by atoms with Gasteiger partial charge in [0.2, 0.25) is 5.89 Å². The van der Waals surface area contributed by atoms with Crippen molar-refractivity contribution in [1.82, 2.24) is 19.5 Å². The van der Waals surface area contributed by atoms with E-state index >= 15 is 0 Å². The van der Waals surface area contributed by atoms with E-state index in [9.17, 15) is 14.3 Å². The van der Waals surface area contributed by atoms with E-state index in [1.165, 1.54) is 16.7 Å². The lowest BCUT2D eigenvalue weighted by molar-refractivity contribution is 0.298. The van der Waals surface area contributed by atoms with Gasteiger partial charge in [0.1, 0.15) is 11.3 Å². The van der Waals surface area contributed by atoms with Crippen LogP contribution in [0, 0.1) is 5.82 Å². The van der Waals surface area contributed by atoms with Crippen LogP contribution >= 0.6 is 0 Å². The molecule has 0 spiro atoms. The van der Waals surface area contributed by atoms with Gasteiger partial charge in [-0.2, -0.15) is 4.98 Å². The Hall–Kier alpha value is -4.69. The molecule has 4 aromatic heterocycles. The second-order valence-electron chi connectivity index (χ2n) is 8.28. The van der Waals surface area contributed by atoms with E-state index in [1.54, 1.807) is 42.9 Å². The second kappa shape index (κ2) is 8.83. The molecule has 0 aliphatic rings. The first-order valence-corrected chi connectivity index (χ1v) is 11.3. The first kappa shape index (κ1) is 21.8. The molecule has 6 rings (SSSR count). The van der Waals surface area contributed by atoms with Crippen molar-refractivity contribution in [3.8, 4) is 28.6 Å². The molecule has 176 valence electrons. The molecule has 6 aromatic rings. The van der Waals surface area contributed by atoms with Gasteiger partial charge in [-0.05, 0) is 60.0 Å². The molecule has 1 N–H and O–H groups in total. The average molecular weight is 478 g/mol. The minimum absolute atomic E-state index is 0.00730. The van der Waals surface area contributed by atoms with Crippen molar-refractivity contribution in [3.05, 3.63) is 107 Å². The van der Waals surface area contributed by atoms with Crippen LogP contribution in [0.5, 0.6) is 0 Å². The summed E-state index contributed by atoms with van der Waals surface area (Å²) >= 11 is 0. The quantitative estimate of drug-likeness (QED) is 0.378. The Labute approximate surface area is 204 Å². The normalized spacial score (nSPS) is 11.4. The van der Waals surface area contributed by atoms with E-state index in [2.05, 4.69) is 9.97 Å². The molecule has 0 amide bonds. The third-order valence-electron chi connectivity index (χ3n) is 6.05. The van der Waals surface area contributed by atoms with Crippen LogP contribution in [0.25, 0.3) is 50.3 Å². The van der Waals surface area contributed by atoms with Crippen LogP contribution in [-0.2, 0) is 6.42 Å². The van der Waals surface area contributed by atoms with Crippen molar-refractivity contribution < 1.29 is 13.9 Å². The maximum absolute atomic E-state index is 13.6. The molecule has 0 radical (unpaired) electrons. The molecule has 0 aliphatic heterocycles. The van der Waals surface area contributed by atoms with E-state index in [0.29, 0.717) is 40.1 Å². The van der Waals surface area contributed by atoms with E-state index in [1.807, 2.05) is 30.3 Å². The molecule has 8 heteroatoms. The first-order valence-electron chi connectivity index (χ1n) is 11.3. The standard InChI is InChI=1S/C28H19FN4O3/c29-21-6-3-18(4-7-21)25-26(33-14-10-17-2-1-12-31-24(17)28(33)35)32-27(36-25)20-5-8-22-19(16-20)9-13-30-23(22)11-15-34/h1-10,12-14,16,34H,11,15H2. The number of nitrogens with zero attached hydrogens (tertiary/aromatic N) is 4. The minimum atomic E-state index is -0.381. The van der Waals surface area contributed by atoms with Crippen LogP contribution in [0.1, 0.15) is 5.69 Å². The highest BCUT2D eigenvalue weighted by molar-refractivity contribution is 5.88. The van der Waals surface area contributed by atoms with Crippen LogP contribution in [0.15, 0.2) is 94.5 Å². The Kier molecular flexibility index (Phi) is 5.35. The third-order valence-corrected chi connectivity index (χ3v) is 6.05. The fourth-order valence-electron chi connectivity index (χ4n) is 4.30. The highest BCUT2D eigenvalue weighted by atomic mass is 19.1. The van der Waals surface area contributed by atoms with E-state index in [0.717, 1.165) is 16.5 Å². The fraction of sp³-hybridized carbons (Fsp3) is 0.0714. The monoisotopic (exact) mass is 478 g/mol. The van der Waals surface area contributed by atoms with Crippen LogP contribution < -0.4 is 5.56 Å². The number of fused-ring (bicyclic) bond motifs is 2. The lowest BCUT2D eigenvalue weighted by atomic mass is 10.1. The van der Waals surface area contributed by atoms with Crippen molar-refractivity contribution in [2.75, 3.05) is 6.61 Å². The van der Waals surface area contributed by atoms with Crippen molar-refractivity contribution in [2.45, 2.75) is 6.42 Å². The summed E-state index contributed by atoms with van der Waals surface area (Å²) in [7, 11) is 0. The fourth-order valence-corrected chi connectivity index (χ4v) is 4.30. The van der Waals surface area contributed by atoms with Gasteiger partial charge < -0.3 is 9.52 Å².